The summed E-state index contributed by atoms with van der Waals surface area (Å²) in [6.45, 7) is 5.20. The van der Waals surface area contributed by atoms with Crippen LogP contribution in [0.2, 0.25) is 0 Å². The zero-order valence-corrected chi connectivity index (χ0v) is 6.73. The molecule has 0 spiro atoms. The third-order valence-electron chi connectivity index (χ3n) is 0.939. The second-order valence-corrected chi connectivity index (χ2v) is 1.89. The Balaban J connectivity index is 4.10. The van der Waals surface area contributed by atoms with E-state index in [1.165, 1.54) is 0 Å². The largest absolute Gasteiger partial charge is 0.299 e. The molecule has 10 heavy (non-hydrogen) atoms. The Morgan fingerprint density at radius 2 is 2.30 bits per heavy atom. The molecule has 3 heteroatoms. The number of nitrogens with one attached hydrogen (secondary N) is 1. The summed E-state index contributed by atoms with van der Waals surface area (Å²) in [6, 6.07) is 0. The quantitative estimate of drug-likeness (QED) is 0.354. The third kappa shape index (κ3) is 3.25. The van der Waals surface area contributed by atoms with Gasteiger partial charge in [0.1, 0.15) is 0 Å². The van der Waals surface area contributed by atoms with Crippen LogP contribution in [0.15, 0.2) is 29.2 Å². The molecular weight excluding hydrogens is 144 g/mol. The van der Waals surface area contributed by atoms with Gasteiger partial charge in [-0.2, -0.15) is 0 Å². The van der Waals surface area contributed by atoms with Crippen molar-refractivity contribution in [3.63, 3.8) is 0 Å². The highest BCUT2D eigenvalue weighted by molar-refractivity contribution is 7.79. The molecule has 2 nitrogen and oxygen atoms in total. The summed E-state index contributed by atoms with van der Waals surface area (Å²) in [5.41, 5.74) is 0.955. The Morgan fingerprint density at radius 3 is 2.70 bits per heavy atom. The molecule has 0 bridgehead atoms. The molecule has 0 heterocycles. The van der Waals surface area contributed by atoms with Crippen molar-refractivity contribution in [2.24, 2.45) is 4.40 Å². The van der Waals surface area contributed by atoms with Crippen LogP contribution in [0.3, 0.4) is 0 Å². The standard InChI is InChI=1S/C7H10N2S/c1-3-4-5-7(8)6(2)9-10/h3-5,8,10H,1H2,2H3/b5-4-,8-7?,9-6-. The van der Waals surface area contributed by atoms with Gasteiger partial charge in [-0.25, -0.2) is 4.40 Å². The van der Waals surface area contributed by atoms with Crippen LogP contribution in [0.1, 0.15) is 6.92 Å². The Morgan fingerprint density at radius 1 is 1.70 bits per heavy atom. The normalized spacial score (nSPS) is 12.0. The van der Waals surface area contributed by atoms with E-state index in [0.29, 0.717) is 11.4 Å². The van der Waals surface area contributed by atoms with Crippen molar-refractivity contribution in [1.82, 2.24) is 0 Å². The minimum Gasteiger partial charge on any atom is -0.299 e. The van der Waals surface area contributed by atoms with E-state index in [0.717, 1.165) is 0 Å². The van der Waals surface area contributed by atoms with Gasteiger partial charge in [-0.05, 0) is 25.8 Å². The van der Waals surface area contributed by atoms with Gasteiger partial charge in [-0.1, -0.05) is 18.7 Å². The molecular formula is C7H10N2S. The summed E-state index contributed by atoms with van der Waals surface area (Å²) in [5, 5.41) is 7.28. The average Bonchev–Trinajstić information content (AvgIpc) is 1.98. The minimum atomic E-state index is 0.356. The maximum atomic E-state index is 7.28. The molecule has 0 aromatic rings. The Bertz CT molecular complexity index is 192. The van der Waals surface area contributed by atoms with Crippen molar-refractivity contribution in [2.45, 2.75) is 6.92 Å². The number of nitrogens with zero attached hydrogens (tertiary/aromatic N) is 1. The number of thiol groups is 1. The van der Waals surface area contributed by atoms with Crippen LogP contribution in [0, 0.1) is 5.41 Å². The second kappa shape index (κ2) is 4.99. The predicted octanol–water partition coefficient (Wildman–Crippen LogP) is 2.05. The summed E-state index contributed by atoms with van der Waals surface area (Å²) in [5.74, 6) is 0. The van der Waals surface area contributed by atoms with Crippen molar-refractivity contribution >= 4 is 24.2 Å². The van der Waals surface area contributed by atoms with Gasteiger partial charge in [0.2, 0.25) is 0 Å². The number of allylic oxidation sites excluding steroid dienone is 3. The summed E-state index contributed by atoms with van der Waals surface area (Å²) >= 11 is 3.66. The van der Waals surface area contributed by atoms with Crippen LogP contribution in [-0.4, -0.2) is 11.4 Å². The van der Waals surface area contributed by atoms with Crippen LogP contribution >= 0.6 is 12.8 Å². The van der Waals surface area contributed by atoms with Crippen LogP contribution < -0.4 is 0 Å². The Kier molecular flexibility index (Phi) is 4.58. The smallest absolute Gasteiger partial charge is 0.0758 e. The highest BCUT2D eigenvalue weighted by Gasteiger charge is 1.92. The molecule has 0 unspecified atom stereocenters. The van der Waals surface area contributed by atoms with E-state index in [4.69, 9.17) is 5.41 Å². The molecule has 0 atom stereocenters. The Hall–Kier alpha value is -0.830. The van der Waals surface area contributed by atoms with Gasteiger partial charge in [0.25, 0.3) is 0 Å². The first kappa shape index (κ1) is 9.17. The van der Waals surface area contributed by atoms with E-state index in [1.807, 2.05) is 0 Å². The topological polar surface area (TPSA) is 36.2 Å². The van der Waals surface area contributed by atoms with Gasteiger partial charge in [0.15, 0.2) is 0 Å². The second-order valence-electron chi connectivity index (χ2n) is 1.69. The monoisotopic (exact) mass is 154 g/mol. The van der Waals surface area contributed by atoms with Crippen LogP contribution in [0.4, 0.5) is 0 Å². The van der Waals surface area contributed by atoms with Gasteiger partial charge < -0.3 is 0 Å². The summed E-state index contributed by atoms with van der Waals surface area (Å²) in [4.78, 5) is 0. The molecule has 54 valence electrons. The first-order valence-corrected chi connectivity index (χ1v) is 3.19. The van der Waals surface area contributed by atoms with Gasteiger partial charge >= 0.3 is 0 Å². The highest BCUT2D eigenvalue weighted by atomic mass is 32.1. The fraction of sp³-hybridized carbons (Fsp3) is 0.143. The molecule has 1 N–H and O–H groups in total. The van der Waals surface area contributed by atoms with Gasteiger partial charge in [-0.15, -0.1) is 0 Å². The molecule has 0 saturated carbocycles. The number of rotatable bonds is 3. The highest BCUT2D eigenvalue weighted by Crippen LogP contribution is 1.87. The average molecular weight is 154 g/mol. The van der Waals surface area contributed by atoms with Crippen molar-refractivity contribution in [3.05, 3.63) is 24.8 Å². The zero-order valence-electron chi connectivity index (χ0n) is 5.83. The SMILES string of the molecule is C=C/C=C\C(=N)/C(C)=N\S. The predicted molar refractivity (Wildman–Crippen MR) is 49.2 cm³/mol. The first-order chi connectivity index (χ1) is 4.72. The lowest BCUT2D eigenvalue weighted by Crippen LogP contribution is -2.03. The molecule has 0 rings (SSSR count). The molecule has 0 aliphatic carbocycles. The summed E-state index contributed by atoms with van der Waals surface area (Å²) in [7, 11) is 0. The molecule has 0 saturated heterocycles. The maximum Gasteiger partial charge on any atom is 0.0758 e. The number of hydrogen-bond donors (Lipinski definition) is 2. The van der Waals surface area contributed by atoms with Crippen LogP contribution in [0.25, 0.3) is 0 Å². The summed E-state index contributed by atoms with van der Waals surface area (Å²) in [6.07, 6.45) is 4.91. The van der Waals surface area contributed by atoms with E-state index in [9.17, 15) is 0 Å². The fourth-order valence-corrected chi connectivity index (χ4v) is 0.446. The molecule has 0 aromatic carbocycles. The first-order valence-electron chi connectivity index (χ1n) is 2.79. The van der Waals surface area contributed by atoms with E-state index in [-0.39, 0.29) is 0 Å². The van der Waals surface area contributed by atoms with E-state index >= 15 is 0 Å². The molecule has 0 fully saturated rings. The molecule has 0 aliphatic rings. The van der Waals surface area contributed by atoms with Crippen LogP contribution in [0.5, 0.6) is 0 Å². The minimum absolute atomic E-state index is 0.356. The Labute approximate surface area is 66.4 Å². The lowest BCUT2D eigenvalue weighted by Gasteiger charge is -1.91. The zero-order chi connectivity index (χ0) is 7.98. The van der Waals surface area contributed by atoms with Gasteiger partial charge in [0, 0.05) is 0 Å². The molecule has 0 aromatic heterocycles. The van der Waals surface area contributed by atoms with Crippen molar-refractivity contribution < 1.29 is 0 Å². The van der Waals surface area contributed by atoms with E-state index < -0.39 is 0 Å². The number of hydrogen-bond acceptors (Lipinski definition) is 3. The lowest BCUT2D eigenvalue weighted by molar-refractivity contribution is 1.54. The lowest BCUT2D eigenvalue weighted by atomic mass is 10.2. The molecule has 0 amide bonds. The van der Waals surface area contributed by atoms with E-state index in [2.05, 4.69) is 23.8 Å². The maximum absolute atomic E-state index is 7.28. The van der Waals surface area contributed by atoms with Crippen molar-refractivity contribution in [1.29, 1.82) is 5.41 Å². The summed E-state index contributed by atoms with van der Waals surface area (Å²) < 4.78 is 3.54. The van der Waals surface area contributed by atoms with E-state index in [1.54, 1.807) is 25.2 Å². The third-order valence-corrected chi connectivity index (χ3v) is 1.24. The molecule has 0 radical (unpaired) electrons. The molecule has 0 aliphatic heterocycles. The fourth-order valence-electron chi connectivity index (χ4n) is 0.339. The van der Waals surface area contributed by atoms with Crippen molar-refractivity contribution in [3.8, 4) is 0 Å². The van der Waals surface area contributed by atoms with Gasteiger partial charge in [-0.3, -0.25) is 5.41 Å². The van der Waals surface area contributed by atoms with Crippen LogP contribution in [-0.2, 0) is 0 Å². The van der Waals surface area contributed by atoms with Crippen molar-refractivity contribution in [2.75, 3.05) is 0 Å². The van der Waals surface area contributed by atoms with Gasteiger partial charge in [0.05, 0.1) is 11.4 Å².